The highest BCUT2D eigenvalue weighted by molar-refractivity contribution is 7.09. The Kier molecular flexibility index (Phi) is 13.1. The van der Waals surface area contributed by atoms with Crippen LogP contribution in [0.2, 0.25) is 0 Å². The van der Waals surface area contributed by atoms with E-state index in [1.165, 1.54) is 0 Å². The second-order valence-electron chi connectivity index (χ2n) is 9.81. The number of hydrogen-bond donors (Lipinski definition) is 0. The predicted octanol–water partition coefficient (Wildman–Crippen LogP) is 5.61. The van der Waals surface area contributed by atoms with E-state index in [-0.39, 0.29) is 12.1 Å². The highest BCUT2D eigenvalue weighted by atomic mass is 32.1. The Morgan fingerprint density at radius 3 is 2.62 bits per heavy atom. The van der Waals surface area contributed by atoms with Crippen LogP contribution in [0, 0.1) is 11.8 Å². The molecule has 6 nitrogen and oxygen atoms in total. The lowest BCUT2D eigenvalue weighted by Crippen LogP contribution is -2.18. The zero-order valence-corrected chi connectivity index (χ0v) is 23.8. The molecule has 7 heteroatoms. The molecule has 0 N–H and O–H groups in total. The molecule has 2 rings (SSSR count). The lowest BCUT2D eigenvalue weighted by atomic mass is 10.1. The first kappa shape index (κ1) is 30.3. The largest absolute Gasteiger partial charge is 0.462 e. The van der Waals surface area contributed by atoms with Gasteiger partial charge in [0.25, 0.3) is 0 Å². The summed E-state index contributed by atoms with van der Waals surface area (Å²) < 4.78 is 11.2. The van der Waals surface area contributed by atoms with Crippen LogP contribution < -0.4 is 0 Å². The molecule has 0 saturated carbocycles. The van der Waals surface area contributed by atoms with E-state index >= 15 is 0 Å². The third kappa shape index (κ3) is 13.2. The quantitative estimate of drug-likeness (QED) is 0.216. The molecule has 0 aliphatic carbocycles. The monoisotopic (exact) mass is 524 g/mol. The van der Waals surface area contributed by atoms with Crippen molar-refractivity contribution in [3.05, 3.63) is 63.2 Å². The second-order valence-corrected chi connectivity index (χ2v) is 10.7. The Morgan fingerprint density at radius 1 is 1.14 bits per heavy atom. The van der Waals surface area contributed by atoms with E-state index in [0.29, 0.717) is 19.3 Å². The van der Waals surface area contributed by atoms with E-state index in [1.807, 2.05) is 52.4 Å². The molecule has 0 unspecified atom stereocenters. The molecule has 0 saturated heterocycles. The molecule has 1 aliphatic heterocycles. The zero-order valence-electron chi connectivity index (χ0n) is 23.0. The summed E-state index contributed by atoms with van der Waals surface area (Å²) in [4.78, 5) is 31.5. The fourth-order valence-electron chi connectivity index (χ4n) is 3.67. The fourth-order valence-corrected chi connectivity index (χ4v) is 4.54. The molecule has 37 heavy (non-hydrogen) atoms. The van der Waals surface area contributed by atoms with Gasteiger partial charge in [0.15, 0.2) is 0 Å². The highest BCUT2D eigenvalue weighted by Crippen LogP contribution is 2.18. The summed E-state index contributed by atoms with van der Waals surface area (Å²) in [5, 5.41) is 2.94. The van der Waals surface area contributed by atoms with Crippen LogP contribution in [-0.4, -0.2) is 54.7 Å². The van der Waals surface area contributed by atoms with Gasteiger partial charge in [0, 0.05) is 37.1 Å². The molecule has 200 valence electrons. The molecule has 0 radical (unpaired) electrons. The summed E-state index contributed by atoms with van der Waals surface area (Å²) in [7, 11) is 4.07. The number of hydrogen-bond acceptors (Lipinski definition) is 7. The number of rotatable bonds is 5. The predicted molar refractivity (Wildman–Crippen MR) is 150 cm³/mol. The summed E-state index contributed by atoms with van der Waals surface area (Å²) in [5.41, 5.74) is 4.08. The fraction of sp³-hybridized carbons (Fsp3) is 0.500. The Labute approximate surface area is 226 Å². The minimum atomic E-state index is -0.585. The van der Waals surface area contributed by atoms with Gasteiger partial charge in [-0.15, -0.1) is 11.3 Å². The number of aromatic nitrogens is 1. The van der Waals surface area contributed by atoms with Crippen LogP contribution in [0.15, 0.2) is 52.5 Å². The summed E-state index contributed by atoms with van der Waals surface area (Å²) in [6.45, 7) is 8.71. The van der Waals surface area contributed by atoms with Crippen molar-refractivity contribution in [1.82, 2.24) is 9.88 Å². The van der Waals surface area contributed by atoms with Gasteiger partial charge >= 0.3 is 11.9 Å². The number of ether oxygens (including phenoxy) is 2. The maximum atomic E-state index is 12.5. The van der Waals surface area contributed by atoms with E-state index < -0.39 is 12.1 Å². The molecule has 2 atom stereocenters. The van der Waals surface area contributed by atoms with Crippen molar-refractivity contribution in [2.45, 2.75) is 78.4 Å². The second kappa shape index (κ2) is 16.0. The number of thiazole rings is 1. The van der Waals surface area contributed by atoms with Crippen molar-refractivity contribution in [3.8, 4) is 11.8 Å². The van der Waals surface area contributed by atoms with Crippen molar-refractivity contribution >= 4 is 23.3 Å². The van der Waals surface area contributed by atoms with Crippen molar-refractivity contribution in [3.63, 3.8) is 0 Å². The van der Waals surface area contributed by atoms with Gasteiger partial charge in [0.05, 0.1) is 10.7 Å². The van der Waals surface area contributed by atoms with E-state index in [9.17, 15) is 9.59 Å². The van der Waals surface area contributed by atoms with Crippen molar-refractivity contribution in [2.75, 3.05) is 20.6 Å². The number of fused-ring (bicyclic) bond motifs is 2. The number of carbonyl (C=O) groups excluding carboxylic acids is 2. The average molecular weight is 525 g/mol. The Morgan fingerprint density at radius 2 is 1.86 bits per heavy atom. The van der Waals surface area contributed by atoms with Crippen LogP contribution in [0.1, 0.15) is 64.1 Å². The van der Waals surface area contributed by atoms with Gasteiger partial charge in [-0.1, -0.05) is 40.9 Å². The first-order valence-corrected chi connectivity index (χ1v) is 13.7. The van der Waals surface area contributed by atoms with Gasteiger partial charge in [0.2, 0.25) is 0 Å². The van der Waals surface area contributed by atoms with E-state index in [0.717, 1.165) is 53.2 Å². The number of carbonyl (C=O) groups is 2. The summed E-state index contributed by atoms with van der Waals surface area (Å²) in [6.07, 6.45) is 13.0. The highest BCUT2D eigenvalue weighted by Gasteiger charge is 2.15. The third-order valence-corrected chi connectivity index (χ3v) is 6.49. The van der Waals surface area contributed by atoms with Gasteiger partial charge in [-0.25, -0.2) is 9.78 Å². The standard InChI is InChI=1S/C30H40N2O4S/c1-22(16-17-32(5)6)14-15-24(3)19-27-20-28-31-26(21-37-28)11-7-8-12-29(33)35-25(4)18-23(2)10-9-13-30(34)36-27/h10,14-16,19,21,25,27H,7-8,11-12,17-18,20H2,1-6H3/b15-14+,22-16+,23-10+,24-19+/t25-,27+/m0/s1. The number of aryl methyl sites for hydroxylation is 1. The van der Waals surface area contributed by atoms with Crippen LogP contribution in [0.4, 0.5) is 0 Å². The van der Waals surface area contributed by atoms with Crippen LogP contribution in [0.25, 0.3) is 0 Å². The first-order chi connectivity index (χ1) is 17.6. The first-order valence-electron chi connectivity index (χ1n) is 12.8. The SMILES string of the molecule is CC(/C=C/C(C)=C/[C@@H]1Cc2nc(cs2)CCCCC(=O)O[C@@H](C)C/C(C)=C/C#CC(=O)O1)=C\CN(C)C. The number of nitrogens with zero attached hydrogens (tertiary/aromatic N) is 2. The lowest BCUT2D eigenvalue weighted by Gasteiger charge is -2.13. The van der Waals surface area contributed by atoms with Crippen molar-refractivity contribution in [2.24, 2.45) is 0 Å². The number of esters is 2. The van der Waals surface area contributed by atoms with Gasteiger partial charge in [-0.05, 0) is 73.2 Å². The van der Waals surface area contributed by atoms with Crippen LogP contribution in [-0.2, 0) is 31.9 Å². The molecule has 0 fully saturated rings. The normalized spacial score (nSPS) is 22.7. The van der Waals surface area contributed by atoms with Crippen molar-refractivity contribution < 1.29 is 19.1 Å². The van der Waals surface area contributed by atoms with Gasteiger partial charge in [0.1, 0.15) is 12.2 Å². The maximum absolute atomic E-state index is 12.5. The molecule has 0 spiro atoms. The molecular weight excluding hydrogens is 484 g/mol. The molecular formula is C30H40N2O4S. The molecule has 1 aliphatic rings. The number of likely N-dealkylation sites (N-methyl/N-ethyl adjacent to an activating group) is 1. The summed E-state index contributed by atoms with van der Waals surface area (Å²) in [6, 6.07) is 0. The molecule has 0 amide bonds. The van der Waals surface area contributed by atoms with Gasteiger partial charge < -0.3 is 14.4 Å². The van der Waals surface area contributed by atoms with E-state index in [1.54, 1.807) is 17.4 Å². The minimum absolute atomic E-state index is 0.186. The third-order valence-electron chi connectivity index (χ3n) is 5.57. The Bertz CT molecular complexity index is 1100. The minimum Gasteiger partial charge on any atom is -0.462 e. The zero-order chi connectivity index (χ0) is 27.2. The van der Waals surface area contributed by atoms with E-state index in [2.05, 4.69) is 35.8 Å². The molecule has 2 heterocycles. The Balaban J connectivity index is 2.23. The average Bonchev–Trinajstić information content (AvgIpc) is 3.25. The molecule has 1 aromatic heterocycles. The van der Waals surface area contributed by atoms with E-state index in [4.69, 9.17) is 14.5 Å². The topological polar surface area (TPSA) is 68.7 Å². The maximum Gasteiger partial charge on any atom is 0.385 e. The van der Waals surface area contributed by atoms with Gasteiger partial charge in [-0.3, -0.25) is 4.79 Å². The number of cyclic esters (lactones) is 2. The van der Waals surface area contributed by atoms with Crippen LogP contribution in [0.3, 0.4) is 0 Å². The summed E-state index contributed by atoms with van der Waals surface area (Å²) in [5.74, 6) is 4.57. The lowest BCUT2D eigenvalue weighted by molar-refractivity contribution is -0.148. The summed E-state index contributed by atoms with van der Waals surface area (Å²) >= 11 is 1.56. The smallest absolute Gasteiger partial charge is 0.385 e. The molecule has 2 bridgehead atoms. The molecule has 1 aromatic rings. The van der Waals surface area contributed by atoms with Crippen molar-refractivity contribution in [1.29, 1.82) is 0 Å². The van der Waals surface area contributed by atoms with Crippen LogP contribution in [0.5, 0.6) is 0 Å². The Hall–Kier alpha value is -2.95. The number of allylic oxidation sites excluding steroid dienone is 5. The van der Waals surface area contributed by atoms with Crippen LogP contribution >= 0.6 is 11.3 Å². The van der Waals surface area contributed by atoms with Gasteiger partial charge in [-0.2, -0.15) is 0 Å². The molecule has 0 aromatic carbocycles.